The molecule has 1 aromatic heterocycles. The maximum absolute atomic E-state index is 12.5. The molecule has 0 radical (unpaired) electrons. The summed E-state index contributed by atoms with van der Waals surface area (Å²) in [6.07, 6.45) is 2.04. The van der Waals surface area contributed by atoms with Gasteiger partial charge in [-0.3, -0.25) is 0 Å². The third-order valence-electron chi connectivity index (χ3n) is 1.44. The van der Waals surface area contributed by atoms with Gasteiger partial charge in [-0.15, -0.1) is 0 Å². The Morgan fingerprint density at radius 2 is 2.33 bits per heavy atom. The lowest BCUT2D eigenvalue weighted by Crippen LogP contribution is -1.98. The van der Waals surface area contributed by atoms with Crippen LogP contribution in [-0.2, 0) is 0 Å². The molecule has 0 amide bonds. The molecular formula is C9H12FNO. The fourth-order valence-corrected chi connectivity index (χ4v) is 0.791. The van der Waals surface area contributed by atoms with E-state index in [0.717, 1.165) is 12.8 Å². The first-order chi connectivity index (χ1) is 5.83. The first-order valence-electron chi connectivity index (χ1n) is 4.08. The van der Waals surface area contributed by atoms with Crippen LogP contribution >= 0.6 is 0 Å². The molecule has 1 rings (SSSR count). The Bertz CT molecular complexity index is 240. The molecule has 0 aliphatic rings. The lowest BCUT2D eigenvalue weighted by molar-refractivity contribution is 0.293. The summed E-state index contributed by atoms with van der Waals surface area (Å²) in [5.74, 6) is -0.132. The van der Waals surface area contributed by atoms with Crippen molar-refractivity contribution in [3.8, 4) is 5.88 Å². The number of aromatic nitrogens is 1. The Balaban J connectivity index is 2.41. The van der Waals surface area contributed by atoms with Crippen molar-refractivity contribution in [2.45, 2.75) is 19.8 Å². The molecule has 0 unspecified atom stereocenters. The van der Waals surface area contributed by atoms with Gasteiger partial charge < -0.3 is 4.74 Å². The van der Waals surface area contributed by atoms with Crippen molar-refractivity contribution in [2.75, 3.05) is 6.61 Å². The summed E-state index contributed by atoms with van der Waals surface area (Å²) in [5.41, 5.74) is 0. The minimum Gasteiger partial charge on any atom is -0.478 e. The van der Waals surface area contributed by atoms with Gasteiger partial charge in [0.15, 0.2) is 0 Å². The van der Waals surface area contributed by atoms with E-state index >= 15 is 0 Å². The van der Waals surface area contributed by atoms with Gasteiger partial charge in [0.1, 0.15) is 0 Å². The lowest BCUT2D eigenvalue weighted by atomic mass is 10.4. The Kier molecular flexibility index (Phi) is 3.51. The van der Waals surface area contributed by atoms with E-state index in [4.69, 9.17) is 4.74 Å². The second-order valence-electron chi connectivity index (χ2n) is 2.50. The average molecular weight is 169 g/mol. The van der Waals surface area contributed by atoms with E-state index in [0.29, 0.717) is 12.5 Å². The molecule has 0 bridgehead atoms. The molecule has 0 atom stereocenters. The van der Waals surface area contributed by atoms with E-state index in [1.165, 1.54) is 6.07 Å². The zero-order chi connectivity index (χ0) is 8.81. The molecule has 0 N–H and O–H groups in total. The van der Waals surface area contributed by atoms with E-state index in [-0.39, 0.29) is 0 Å². The predicted molar refractivity (Wildman–Crippen MR) is 44.6 cm³/mol. The fraction of sp³-hybridized carbons (Fsp3) is 0.444. The van der Waals surface area contributed by atoms with Crippen LogP contribution in [0.25, 0.3) is 0 Å². The summed E-state index contributed by atoms with van der Waals surface area (Å²) in [6.45, 7) is 2.68. The SMILES string of the molecule is CCCCOc1cccc(F)n1. The molecule has 1 heterocycles. The van der Waals surface area contributed by atoms with Crippen LogP contribution in [0.2, 0.25) is 0 Å². The minimum absolute atomic E-state index is 0.364. The van der Waals surface area contributed by atoms with Crippen molar-refractivity contribution >= 4 is 0 Å². The Morgan fingerprint density at radius 3 is 3.00 bits per heavy atom. The molecule has 0 aliphatic heterocycles. The highest BCUT2D eigenvalue weighted by Crippen LogP contribution is 2.06. The van der Waals surface area contributed by atoms with Gasteiger partial charge >= 0.3 is 0 Å². The van der Waals surface area contributed by atoms with Crippen LogP contribution in [0, 0.1) is 5.95 Å². The number of ether oxygens (including phenoxy) is 1. The maximum Gasteiger partial charge on any atom is 0.216 e. The molecule has 0 spiro atoms. The zero-order valence-electron chi connectivity index (χ0n) is 7.09. The Hall–Kier alpha value is -1.12. The molecule has 0 fully saturated rings. The van der Waals surface area contributed by atoms with Gasteiger partial charge in [-0.2, -0.15) is 9.37 Å². The van der Waals surface area contributed by atoms with Gasteiger partial charge in [-0.1, -0.05) is 19.4 Å². The van der Waals surface area contributed by atoms with Crippen molar-refractivity contribution in [3.05, 3.63) is 24.1 Å². The highest BCUT2D eigenvalue weighted by atomic mass is 19.1. The first kappa shape index (κ1) is 8.97. The topological polar surface area (TPSA) is 22.1 Å². The molecular weight excluding hydrogens is 157 g/mol. The summed E-state index contributed by atoms with van der Waals surface area (Å²) < 4.78 is 17.7. The van der Waals surface area contributed by atoms with Gasteiger partial charge in [0.05, 0.1) is 6.61 Å². The van der Waals surface area contributed by atoms with Gasteiger partial charge in [0.2, 0.25) is 11.8 Å². The van der Waals surface area contributed by atoms with E-state index < -0.39 is 5.95 Å². The standard InChI is InChI=1S/C9H12FNO/c1-2-3-7-12-9-6-4-5-8(10)11-9/h4-6H,2-3,7H2,1H3. The number of hydrogen-bond acceptors (Lipinski definition) is 2. The Morgan fingerprint density at radius 1 is 1.50 bits per heavy atom. The molecule has 0 saturated heterocycles. The second kappa shape index (κ2) is 4.70. The van der Waals surface area contributed by atoms with Crippen molar-refractivity contribution in [2.24, 2.45) is 0 Å². The van der Waals surface area contributed by atoms with Gasteiger partial charge in [0, 0.05) is 6.07 Å². The Labute approximate surface area is 71.4 Å². The lowest BCUT2D eigenvalue weighted by Gasteiger charge is -2.02. The molecule has 2 nitrogen and oxygen atoms in total. The number of unbranched alkanes of at least 4 members (excludes halogenated alkanes) is 1. The number of hydrogen-bond donors (Lipinski definition) is 0. The third-order valence-corrected chi connectivity index (χ3v) is 1.44. The van der Waals surface area contributed by atoms with Gasteiger partial charge in [-0.25, -0.2) is 0 Å². The molecule has 0 aliphatic carbocycles. The molecule has 66 valence electrons. The van der Waals surface area contributed by atoms with E-state index in [2.05, 4.69) is 11.9 Å². The van der Waals surface area contributed by atoms with Gasteiger partial charge in [-0.05, 0) is 12.5 Å². The minimum atomic E-state index is -0.496. The summed E-state index contributed by atoms with van der Waals surface area (Å²) in [7, 11) is 0. The van der Waals surface area contributed by atoms with Crippen LogP contribution in [0.15, 0.2) is 18.2 Å². The summed E-state index contributed by atoms with van der Waals surface area (Å²) >= 11 is 0. The second-order valence-corrected chi connectivity index (χ2v) is 2.50. The van der Waals surface area contributed by atoms with Crippen molar-refractivity contribution in [1.29, 1.82) is 0 Å². The normalized spacial score (nSPS) is 9.83. The number of pyridine rings is 1. The van der Waals surface area contributed by atoms with Crippen molar-refractivity contribution < 1.29 is 9.13 Å². The third kappa shape index (κ3) is 2.86. The highest BCUT2D eigenvalue weighted by Gasteiger charge is 1.95. The van der Waals surface area contributed by atoms with Gasteiger partial charge in [0.25, 0.3) is 0 Å². The number of rotatable bonds is 4. The van der Waals surface area contributed by atoms with E-state index in [1.54, 1.807) is 12.1 Å². The molecule has 12 heavy (non-hydrogen) atoms. The smallest absolute Gasteiger partial charge is 0.216 e. The monoisotopic (exact) mass is 169 g/mol. The molecule has 0 aromatic carbocycles. The van der Waals surface area contributed by atoms with Crippen LogP contribution in [-0.4, -0.2) is 11.6 Å². The molecule has 3 heteroatoms. The average Bonchev–Trinajstić information content (AvgIpc) is 2.05. The van der Waals surface area contributed by atoms with E-state index in [1.807, 2.05) is 0 Å². The van der Waals surface area contributed by atoms with Crippen LogP contribution in [0.3, 0.4) is 0 Å². The summed E-state index contributed by atoms with van der Waals surface area (Å²) in [4.78, 5) is 3.56. The number of nitrogens with zero attached hydrogens (tertiary/aromatic N) is 1. The van der Waals surface area contributed by atoms with Crippen molar-refractivity contribution in [3.63, 3.8) is 0 Å². The summed E-state index contributed by atoms with van der Waals surface area (Å²) in [6, 6.07) is 4.54. The van der Waals surface area contributed by atoms with Crippen LogP contribution < -0.4 is 4.74 Å². The number of halogens is 1. The van der Waals surface area contributed by atoms with Crippen molar-refractivity contribution in [1.82, 2.24) is 4.98 Å². The fourth-order valence-electron chi connectivity index (χ4n) is 0.791. The molecule has 1 aromatic rings. The van der Waals surface area contributed by atoms with Crippen LogP contribution in [0.5, 0.6) is 5.88 Å². The largest absolute Gasteiger partial charge is 0.478 e. The van der Waals surface area contributed by atoms with Crippen LogP contribution in [0.1, 0.15) is 19.8 Å². The summed E-state index contributed by atoms with van der Waals surface area (Å²) in [5, 5.41) is 0. The van der Waals surface area contributed by atoms with Crippen LogP contribution in [0.4, 0.5) is 4.39 Å². The quantitative estimate of drug-likeness (QED) is 0.510. The predicted octanol–water partition coefficient (Wildman–Crippen LogP) is 2.40. The molecule has 0 saturated carbocycles. The highest BCUT2D eigenvalue weighted by molar-refractivity contribution is 5.10. The van der Waals surface area contributed by atoms with E-state index in [9.17, 15) is 4.39 Å². The maximum atomic E-state index is 12.5. The zero-order valence-corrected chi connectivity index (χ0v) is 7.09. The first-order valence-corrected chi connectivity index (χ1v) is 4.08.